The van der Waals surface area contributed by atoms with Crippen molar-refractivity contribution in [3.05, 3.63) is 0 Å². The quantitative estimate of drug-likeness (QED) is 0.704. The summed E-state index contributed by atoms with van der Waals surface area (Å²) in [7, 11) is 0. The van der Waals surface area contributed by atoms with Crippen LogP contribution in [0.3, 0.4) is 0 Å². The molecule has 1 saturated heterocycles. The average Bonchev–Trinajstić information content (AvgIpc) is 2.60. The number of nitrogens with two attached hydrogens (primary N) is 1. The van der Waals surface area contributed by atoms with Crippen LogP contribution in [-0.2, 0) is 9.59 Å². The predicted octanol–water partition coefficient (Wildman–Crippen LogP) is 0.755. The maximum Gasteiger partial charge on any atom is 0.233 e. The first-order chi connectivity index (χ1) is 7.29. The van der Waals surface area contributed by atoms with E-state index in [9.17, 15) is 9.59 Å². The molecule has 2 rings (SSSR count). The standard InChI is InChI=1S/C12H20N2O2/c1-7-4-8-9(5-7)11(16)14(10(8)15)6-12(2,3)13/h7-9H,4-6,13H2,1-3H3. The van der Waals surface area contributed by atoms with Crippen molar-refractivity contribution >= 4 is 11.8 Å². The molecule has 4 heteroatoms. The van der Waals surface area contributed by atoms with E-state index in [2.05, 4.69) is 6.92 Å². The number of rotatable bonds is 2. The van der Waals surface area contributed by atoms with E-state index >= 15 is 0 Å². The molecule has 0 radical (unpaired) electrons. The Hall–Kier alpha value is -0.900. The lowest BCUT2D eigenvalue weighted by atomic mass is 10.00. The molecule has 0 aromatic carbocycles. The van der Waals surface area contributed by atoms with Crippen molar-refractivity contribution in [1.29, 1.82) is 0 Å². The van der Waals surface area contributed by atoms with Gasteiger partial charge in [0.25, 0.3) is 0 Å². The Morgan fingerprint density at radius 2 is 1.69 bits per heavy atom. The maximum absolute atomic E-state index is 12.1. The second-order valence-corrected chi connectivity index (χ2v) is 6.04. The predicted molar refractivity (Wildman–Crippen MR) is 60.4 cm³/mol. The molecule has 2 aliphatic rings. The number of hydrogen-bond acceptors (Lipinski definition) is 3. The Morgan fingerprint density at radius 1 is 1.25 bits per heavy atom. The van der Waals surface area contributed by atoms with Crippen molar-refractivity contribution < 1.29 is 9.59 Å². The van der Waals surface area contributed by atoms with Gasteiger partial charge in [-0.2, -0.15) is 0 Å². The van der Waals surface area contributed by atoms with Crippen LogP contribution in [0.15, 0.2) is 0 Å². The minimum atomic E-state index is -0.504. The van der Waals surface area contributed by atoms with E-state index in [1.165, 1.54) is 4.90 Å². The zero-order chi connectivity index (χ0) is 12.1. The highest BCUT2D eigenvalue weighted by Crippen LogP contribution is 2.42. The van der Waals surface area contributed by atoms with Crippen LogP contribution in [0.4, 0.5) is 0 Å². The molecule has 0 bridgehead atoms. The van der Waals surface area contributed by atoms with E-state index in [1.54, 1.807) is 0 Å². The number of amides is 2. The lowest BCUT2D eigenvalue weighted by Gasteiger charge is -2.25. The third-order valence-corrected chi connectivity index (χ3v) is 3.53. The molecule has 4 nitrogen and oxygen atoms in total. The maximum atomic E-state index is 12.1. The van der Waals surface area contributed by atoms with Crippen molar-refractivity contribution in [3.8, 4) is 0 Å². The number of imide groups is 1. The van der Waals surface area contributed by atoms with Crippen LogP contribution >= 0.6 is 0 Å². The summed E-state index contributed by atoms with van der Waals surface area (Å²) in [4.78, 5) is 25.5. The molecule has 0 aromatic heterocycles. The second-order valence-electron chi connectivity index (χ2n) is 6.04. The SMILES string of the molecule is CC1CC2C(=O)N(CC(C)(C)N)C(=O)C2C1. The van der Waals surface area contributed by atoms with Gasteiger partial charge in [-0.25, -0.2) is 0 Å². The first kappa shape index (κ1) is 11.6. The molecule has 2 unspecified atom stereocenters. The summed E-state index contributed by atoms with van der Waals surface area (Å²) < 4.78 is 0. The number of fused-ring (bicyclic) bond motifs is 1. The van der Waals surface area contributed by atoms with Crippen LogP contribution in [0.25, 0.3) is 0 Å². The fraction of sp³-hybridized carbons (Fsp3) is 0.833. The number of nitrogens with zero attached hydrogens (tertiary/aromatic N) is 1. The van der Waals surface area contributed by atoms with Crippen molar-refractivity contribution in [2.45, 2.75) is 39.2 Å². The zero-order valence-corrected chi connectivity index (χ0v) is 10.2. The molecular formula is C12H20N2O2. The van der Waals surface area contributed by atoms with Crippen LogP contribution in [0, 0.1) is 17.8 Å². The van der Waals surface area contributed by atoms with E-state index in [-0.39, 0.29) is 23.7 Å². The minimum Gasteiger partial charge on any atom is -0.324 e. The summed E-state index contributed by atoms with van der Waals surface area (Å²) in [5.74, 6) is 0.362. The van der Waals surface area contributed by atoms with Crippen LogP contribution in [0.1, 0.15) is 33.6 Å². The summed E-state index contributed by atoms with van der Waals surface area (Å²) >= 11 is 0. The monoisotopic (exact) mass is 224 g/mol. The molecule has 90 valence electrons. The lowest BCUT2D eigenvalue weighted by molar-refractivity contribution is -0.141. The highest BCUT2D eigenvalue weighted by Gasteiger charge is 2.52. The Labute approximate surface area is 96.2 Å². The topological polar surface area (TPSA) is 63.4 Å². The third kappa shape index (κ3) is 1.86. The summed E-state index contributed by atoms with van der Waals surface area (Å²) in [6, 6.07) is 0. The van der Waals surface area contributed by atoms with Gasteiger partial charge in [0.15, 0.2) is 0 Å². The highest BCUT2D eigenvalue weighted by atomic mass is 16.2. The molecular weight excluding hydrogens is 204 g/mol. The Bertz CT molecular complexity index is 308. The molecule has 16 heavy (non-hydrogen) atoms. The number of carbonyl (C=O) groups excluding carboxylic acids is 2. The molecule has 2 fully saturated rings. The first-order valence-corrected chi connectivity index (χ1v) is 5.93. The van der Waals surface area contributed by atoms with Gasteiger partial charge in [0, 0.05) is 12.1 Å². The van der Waals surface area contributed by atoms with Gasteiger partial charge in [0.1, 0.15) is 0 Å². The number of likely N-dealkylation sites (tertiary alicyclic amines) is 1. The summed E-state index contributed by atoms with van der Waals surface area (Å²) in [5.41, 5.74) is 5.37. The Kier molecular flexibility index (Phi) is 2.57. The number of hydrogen-bond donors (Lipinski definition) is 1. The van der Waals surface area contributed by atoms with Crippen LogP contribution in [0.2, 0.25) is 0 Å². The van der Waals surface area contributed by atoms with E-state index in [4.69, 9.17) is 5.73 Å². The molecule has 1 aliphatic carbocycles. The van der Waals surface area contributed by atoms with Crippen LogP contribution in [-0.4, -0.2) is 28.8 Å². The fourth-order valence-corrected chi connectivity index (χ4v) is 2.91. The van der Waals surface area contributed by atoms with Gasteiger partial charge in [0.05, 0.1) is 11.8 Å². The molecule has 2 atom stereocenters. The smallest absolute Gasteiger partial charge is 0.233 e. The van der Waals surface area contributed by atoms with Gasteiger partial charge in [-0.1, -0.05) is 6.92 Å². The largest absolute Gasteiger partial charge is 0.324 e. The minimum absolute atomic E-state index is 0.00197. The zero-order valence-electron chi connectivity index (χ0n) is 10.2. The van der Waals surface area contributed by atoms with Gasteiger partial charge in [0.2, 0.25) is 11.8 Å². The van der Waals surface area contributed by atoms with Crippen molar-refractivity contribution in [1.82, 2.24) is 4.90 Å². The lowest BCUT2D eigenvalue weighted by Crippen LogP contribution is -2.48. The first-order valence-electron chi connectivity index (χ1n) is 5.93. The molecule has 0 spiro atoms. The average molecular weight is 224 g/mol. The van der Waals surface area contributed by atoms with E-state index < -0.39 is 5.54 Å². The summed E-state index contributed by atoms with van der Waals surface area (Å²) in [6.07, 6.45) is 1.72. The Balaban J connectivity index is 2.15. The summed E-state index contributed by atoms with van der Waals surface area (Å²) in [5, 5.41) is 0. The number of carbonyl (C=O) groups is 2. The second kappa shape index (κ2) is 3.55. The van der Waals surface area contributed by atoms with Crippen molar-refractivity contribution in [3.63, 3.8) is 0 Å². The van der Waals surface area contributed by atoms with Gasteiger partial charge in [-0.15, -0.1) is 0 Å². The van der Waals surface area contributed by atoms with Crippen LogP contribution in [0.5, 0.6) is 0 Å². The van der Waals surface area contributed by atoms with Gasteiger partial charge >= 0.3 is 0 Å². The normalized spacial score (nSPS) is 34.8. The fourth-order valence-electron chi connectivity index (χ4n) is 2.91. The van der Waals surface area contributed by atoms with Crippen molar-refractivity contribution in [2.75, 3.05) is 6.54 Å². The molecule has 1 heterocycles. The molecule has 1 aliphatic heterocycles. The van der Waals surface area contributed by atoms with Crippen molar-refractivity contribution in [2.24, 2.45) is 23.5 Å². The molecule has 2 amide bonds. The van der Waals surface area contributed by atoms with Gasteiger partial charge < -0.3 is 5.73 Å². The molecule has 0 aromatic rings. The van der Waals surface area contributed by atoms with E-state index in [0.29, 0.717) is 12.5 Å². The Morgan fingerprint density at radius 3 is 2.06 bits per heavy atom. The van der Waals surface area contributed by atoms with E-state index in [0.717, 1.165) is 12.8 Å². The molecule has 1 saturated carbocycles. The highest BCUT2D eigenvalue weighted by molar-refractivity contribution is 6.05. The molecule has 2 N–H and O–H groups in total. The van der Waals surface area contributed by atoms with Crippen LogP contribution < -0.4 is 5.73 Å². The van der Waals surface area contributed by atoms with Gasteiger partial charge in [-0.05, 0) is 32.6 Å². The van der Waals surface area contributed by atoms with E-state index in [1.807, 2.05) is 13.8 Å². The summed E-state index contributed by atoms with van der Waals surface area (Å²) in [6.45, 7) is 6.12. The van der Waals surface area contributed by atoms with Gasteiger partial charge in [-0.3, -0.25) is 14.5 Å². The third-order valence-electron chi connectivity index (χ3n) is 3.53.